The van der Waals surface area contributed by atoms with Gasteiger partial charge in [0.15, 0.2) is 0 Å². The van der Waals surface area contributed by atoms with Gasteiger partial charge in [-0.1, -0.05) is 90.2 Å². The zero-order valence-electron chi connectivity index (χ0n) is 20.4. The quantitative estimate of drug-likeness (QED) is 0.235. The van der Waals surface area contributed by atoms with Gasteiger partial charge in [-0.05, 0) is 76.3 Å². The zero-order valence-corrected chi connectivity index (χ0v) is 22.2. The number of benzene rings is 4. The predicted octanol–water partition coefficient (Wildman–Crippen LogP) is 7.96. The SMILES string of the molecule is CC(C)P(c1ccc2c3c(ccc(P(Oc4ccccc4)Oc4ccccc4)c13)CC2)C(C)C. The number of para-hydroxylation sites is 2. The average molecular weight is 487 g/mol. The van der Waals surface area contributed by atoms with Crippen LogP contribution in [0.1, 0.15) is 38.8 Å². The molecular formula is C30H32O2P2. The number of aryl methyl sites for hydroxylation is 2. The molecule has 0 unspecified atom stereocenters. The Hall–Kier alpha value is -2.40. The minimum Gasteiger partial charge on any atom is -0.435 e. The Morgan fingerprint density at radius 3 is 1.50 bits per heavy atom. The van der Waals surface area contributed by atoms with Crippen LogP contribution in [0, 0.1) is 0 Å². The molecule has 0 spiro atoms. The Balaban J connectivity index is 1.72. The highest BCUT2D eigenvalue weighted by Gasteiger charge is 2.30. The molecule has 0 radical (unpaired) electrons. The van der Waals surface area contributed by atoms with Crippen molar-refractivity contribution in [1.29, 1.82) is 0 Å². The Labute approximate surface area is 206 Å². The van der Waals surface area contributed by atoms with Crippen LogP contribution in [-0.4, -0.2) is 11.3 Å². The van der Waals surface area contributed by atoms with Crippen LogP contribution in [0.25, 0.3) is 10.8 Å². The molecule has 0 saturated carbocycles. The van der Waals surface area contributed by atoms with Crippen LogP contribution in [0.2, 0.25) is 0 Å². The van der Waals surface area contributed by atoms with Gasteiger partial charge in [-0.2, -0.15) is 0 Å². The van der Waals surface area contributed by atoms with Gasteiger partial charge in [0, 0.05) is 5.39 Å². The van der Waals surface area contributed by atoms with E-state index in [0.29, 0.717) is 11.3 Å². The van der Waals surface area contributed by atoms with E-state index in [1.165, 1.54) is 32.5 Å². The van der Waals surface area contributed by atoms with E-state index in [4.69, 9.17) is 9.05 Å². The highest BCUT2D eigenvalue weighted by Crippen LogP contribution is 2.50. The molecule has 34 heavy (non-hydrogen) atoms. The number of rotatable bonds is 8. The summed E-state index contributed by atoms with van der Waals surface area (Å²) >= 11 is 0. The molecule has 0 aromatic heterocycles. The van der Waals surface area contributed by atoms with Crippen molar-refractivity contribution in [3.05, 3.63) is 96.1 Å². The Morgan fingerprint density at radius 1 is 0.559 bits per heavy atom. The molecule has 2 nitrogen and oxygen atoms in total. The lowest BCUT2D eigenvalue weighted by molar-refractivity contribution is 0.502. The molecule has 5 rings (SSSR count). The van der Waals surface area contributed by atoms with E-state index in [2.05, 4.69) is 52.0 Å². The molecule has 4 aromatic carbocycles. The molecule has 4 aromatic rings. The topological polar surface area (TPSA) is 18.5 Å². The maximum absolute atomic E-state index is 6.62. The molecule has 0 heterocycles. The molecule has 0 bridgehead atoms. The summed E-state index contributed by atoms with van der Waals surface area (Å²) in [5, 5.41) is 5.52. The molecule has 0 atom stereocenters. The van der Waals surface area contributed by atoms with Gasteiger partial charge in [-0.15, -0.1) is 0 Å². The molecule has 0 aliphatic heterocycles. The Kier molecular flexibility index (Phi) is 6.91. The van der Waals surface area contributed by atoms with Gasteiger partial charge < -0.3 is 9.05 Å². The van der Waals surface area contributed by atoms with Crippen LogP contribution < -0.4 is 19.7 Å². The monoisotopic (exact) mass is 486 g/mol. The summed E-state index contributed by atoms with van der Waals surface area (Å²) in [6.45, 7) is 9.49. The summed E-state index contributed by atoms with van der Waals surface area (Å²) < 4.78 is 13.2. The molecule has 0 N–H and O–H groups in total. The second kappa shape index (κ2) is 10.1. The molecule has 0 amide bonds. The minimum atomic E-state index is -1.37. The fourth-order valence-electron chi connectivity index (χ4n) is 5.08. The number of hydrogen-bond acceptors (Lipinski definition) is 2. The molecular weight excluding hydrogens is 454 g/mol. The number of hydrogen-bond donors (Lipinski definition) is 0. The third kappa shape index (κ3) is 4.59. The van der Waals surface area contributed by atoms with E-state index in [1.54, 1.807) is 0 Å². The van der Waals surface area contributed by atoms with E-state index >= 15 is 0 Å². The van der Waals surface area contributed by atoms with Gasteiger partial charge in [-0.3, -0.25) is 0 Å². The van der Waals surface area contributed by atoms with Crippen molar-refractivity contribution in [2.45, 2.75) is 51.9 Å². The van der Waals surface area contributed by atoms with Crippen molar-refractivity contribution < 1.29 is 9.05 Å². The van der Waals surface area contributed by atoms with Crippen LogP contribution in [0.5, 0.6) is 11.5 Å². The Bertz CT molecular complexity index is 1210. The summed E-state index contributed by atoms with van der Waals surface area (Å²) in [5.41, 5.74) is 4.15. The smallest absolute Gasteiger partial charge is 0.326 e. The van der Waals surface area contributed by atoms with Crippen molar-refractivity contribution >= 4 is 37.7 Å². The maximum Gasteiger partial charge on any atom is 0.326 e. The fraction of sp³-hybridized carbons (Fsp3) is 0.267. The highest BCUT2D eigenvalue weighted by atomic mass is 31.2. The normalized spacial score (nSPS) is 12.9. The third-order valence-electron chi connectivity index (χ3n) is 6.40. The molecule has 174 valence electrons. The van der Waals surface area contributed by atoms with Gasteiger partial charge in [0.05, 0.1) is 5.30 Å². The largest absolute Gasteiger partial charge is 0.435 e. The van der Waals surface area contributed by atoms with Gasteiger partial charge in [-0.25, -0.2) is 0 Å². The van der Waals surface area contributed by atoms with Gasteiger partial charge >= 0.3 is 8.38 Å². The highest BCUT2D eigenvalue weighted by molar-refractivity contribution is 7.67. The van der Waals surface area contributed by atoms with Gasteiger partial charge in [0.25, 0.3) is 0 Å². The first-order chi connectivity index (χ1) is 16.5. The lowest BCUT2D eigenvalue weighted by Gasteiger charge is -2.29. The zero-order chi connectivity index (χ0) is 23.7. The standard InChI is InChI=1S/C30H32O2P2/c1-21(2)33(22(3)4)27-19-17-23-15-16-24-18-20-28(30(27)29(23)24)34(31-25-11-7-5-8-12-25)32-26-13-9-6-10-14-26/h5-14,17-22H,15-16H2,1-4H3. The summed E-state index contributed by atoms with van der Waals surface area (Å²) in [7, 11) is -1.71. The van der Waals surface area contributed by atoms with Crippen molar-refractivity contribution in [2.75, 3.05) is 0 Å². The van der Waals surface area contributed by atoms with Crippen molar-refractivity contribution in [2.24, 2.45) is 0 Å². The van der Waals surface area contributed by atoms with Crippen LogP contribution >= 0.6 is 16.3 Å². The van der Waals surface area contributed by atoms with Crippen LogP contribution in [0.15, 0.2) is 84.9 Å². The maximum atomic E-state index is 6.62. The average Bonchev–Trinajstić information content (AvgIpc) is 3.25. The van der Waals surface area contributed by atoms with E-state index in [0.717, 1.165) is 24.3 Å². The lowest BCUT2D eigenvalue weighted by Crippen LogP contribution is -2.22. The molecule has 4 heteroatoms. The second-order valence-corrected chi connectivity index (χ2v) is 14.1. The molecule has 0 saturated heterocycles. The third-order valence-corrected chi connectivity index (χ3v) is 11.1. The van der Waals surface area contributed by atoms with Crippen molar-refractivity contribution in [1.82, 2.24) is 0 Å². The summed E-state index contributed by atoms with van der Waals surface area (Å²) in [6, 6.07) is 29.5. The van der Waals surface area contributed by atoms with E-state index in [1.807, 2.05) is 60.7 Å². The Morgan fingerprint density at radius 2 is 1.03 bits per heavy atom. The molecule has 1 aliphatic carbocycles. The molecule has 0 fully saturated rings. The minimum absolute atomic E-state index is 0.331. The predicted molar refractivity (Wildman–Crippen MR) is 149 cm³/mol. The van der Waals surface area contributed by atoms with Crippen LogP contribution in [0.4, 0.5) is 0 Å². The summed E-state index contributed by atoms with van der Waals surface area (Å²) in [6.07, 6.45) is 2.24. The van der Waals surface area contributed by atoms with Crippen molar-refractivity contribution in [3.63, 3.8) is 0 Å². The van der Waals surface area contributed by atoms with E-state index in [9.17, 15) is 0 Å². The van der Waals surface area contributed by atoms with Crippen molar-refractivity contribution in [3.8, 4) is 11.5 Å². The first-order valence-corrected chi connectivity index (χ1v) is 14.8. The lowest BCUT2D eigenvalue weighted by atomic mass is 10.1. The summed E-state index contributed by atoms with van der Waals surface area (Å²) in [5.74, 6) is 1.67. The van der Waals surface area contributed by atoms with Gasteiger partial charge in [0.1, 0.15) is 11.5 Å². The van der Waals surface area contributed by atoms with Gasteiger partial charge in [0.2, 0.25) is 0 Å². The van der Waals surface area contributed by atoms with E-state index in [-0.39, 0.29) is 7.92 Å². The molecule has 1 aliphatic rings. The van der Waals surface area contributed by atoms with E-state index < -0.39 is 8.38 Å². The van der Waals surface area contributed by atoms with Crippen LogP contribution in [-0.2, 0) is 12.8 Å². The summed E-state index contributed by atoms with van der Waals surface area (Å²) in [4.78, 5) is 0. The second-order valence-electron chi connectivity index (χ2n) is 9.40. The first-order valence-electron chi connectivity index (χ1n) is 12.1. The first kappa shape index (κ1) is 23.3. The fourth-order valence-corrected chi connectivity index (χ4v) is 9.69. The van der Waals surface area contributed by atoms with Crippen LogP contribution in [0.3, 0.4) is 0 Å².